The molecule has 106 valence electrons. The number of aryl methyl sites for hydroxylation is 1. The highest BCUT2D eigenvalue weighted by Gasteiger charge is 2.18. The minimum Gasteiger partial charge on any atom is -0.454 e. The zero-order valence-electron chi connectivity index (χ0n) is 12.0. The Labute approximate surface area is 118 Å². The number of ether oxygens (including phenoxy) is 2. The van der Waals surface area contributed by atoms with Gasteiger partial charge < -0.3 is 14.8 Å². The molecule has 1 aromatic heterocycles. The van der Waals surface area contributed by atoms with Gasteiger partial charge in [-0.2, -0.15) is 5.10 Å². The molecule has 1 N–H and O–H groups in total. The molecule has 5 nitrogen and oxygen atoms in total. The van der Waals surface area contributed by atoms with E-state index in [9.17, 15) is 0 Å². The Kier molecular flexibility index (Phi) is 3.36. The van der Waals surface area contributed by atoms with Gasteiger partial charge in [-0.25, -0.2) is 0 Å². The summed E-state index contributed by atoms with van der Waals surface area (Å²) in [5.41, 5.74) is 2.35. The smallest absolute Gasteiger partial charge is 0.231 e. The van der Waals surface area contributed by atoms with Crippen molar-refractivity contribution < 1.29 is 9.47 Å². The molecule has 0 spiro atoms. The molecule has 0 saturated heterocycles. The first-order valence-corrected chi connectivity index (χ1v) is 6.78. The molecular formula is C15H19N3O2. The van der Waals surface area contributed by atoms with Crippen molar-refractivity contribution in [1.82, 2.24) is 15.1 Å². The molecule has 1 aliphatic rings. The summed E-state index contributed by atoms with van der Waals surface area (Å²) in [5, 5.41) is 7.78. The molecule has 2 heterocycles. The van der Waals surface area contributed by atoms with Gasteiger partial charge in [0.25, 0.3) is 0 Å². The van der Waals surface area contributed by atoms with E-state index in [2.05, 4.69) is 30.3 Å². The second-order valence-electron chi connectivity index (χ2n) is 5.10. The molecule has 3 rings (SSSR count). The number of benzene rings is 1. The van der Waals surface area contributed by atoms with E-state index in [1.165, 1.54) is 5.56 Å². The molecule has 0 aliphatic carbocycles. The van der Waals surface area contributed by atoms with Crippen LogP contribution in [0.15, 0.2) is 30.5 Å². The minimum absolute atomic E-state index is 0.217. The topological polar surface area (TPSA) is 48.3 Å². The minimum atomic E-state index is 0.217. The van der Waals surface area contributed by atoms with Gasteiger partial charge in [-0.1, -0.05) is 6.07 Å². The van der Waals surface area contributed by atoms with Crippen molar-refractivity contribution in [2.75, 3.05) is 6.79 Å². The molecule has 1 aliphatic heterocycles. The molecule has 2 unspecified atom stereocenters. The standard InChI is InChI=1S/C15H19N3O2/c1-10(17-11(2)13-6-7-16-18(13)3)12-4-5-14-15(8-12)20-9-19-14/h4-8,10-11,17H,9H2,1-3H3. The highest BCUT2D eigenvalue weighted by atomic mass is 16.7. The third-order valence-electron chi connectivity index (χ3n) is 3.70. The van der Waals surface area contributed by atoms with Crippen molar-refractivity contribution in [3.63, 3.8) is 0 Å². The molecular weight excluding hydrogens is 254 g/mol. The first-order chi connectivity index (χ1) is 9.65. The predicted octanol–water partition coefficient (Wildman–Crippen LogP) is 2.56. The molecule has 5 heteroatoms. The van der Waals surface area contributed by atoms with Crippen molar-refractivity contribution >= 4 is 0 Å². The monoisotopic (exact) mass is 273 g/mol. The van der Waals surface area contributed by atoms with Crippen molar-refractivity contribution in [3.05, 3.63) is 41.7 Å². The maximum absolute atomic E-state index is 5.42. The van der Waals surface area contributed by atoms with Gasteiger partial charge in [-0.15, -0.1) is 0 Å². The summed E-state index contributed by atoms with van der Waals surface area (Å²) in [6, 6.07) is 8.54. The summed E-state index contributed by atoms with van der Waals surface area (Å²) in [5.74, 6) is 1.64. The normalized spacial score (nSPS) is 16.1. The van der Waals surface area contributed by atoms with Crippen LogP contribution in [0.5, 0.6) is 11.5 Å². The number of nitrogens with zero attached hydrogens (tertiary/aromatic N) is 2. The molecule has 0 amide bonds. The van der Waals surface area contributed by atoms with Crippen molar-refractivity contribution in [1.29, 1.82) is 0 Å². The first-order valence-electron chi connectivity index (χ1n) is 6.78. The van der Waals surface area contributed by atoms with E-state index in [1.54, 1.807) is 0 Å². The lowest BCUT2D eigenvalue weighted by molar-refractivity contribution is 0.174. The van der Waals surface area contributed by atoms with E-state index in [-0.39, 0.29) is 12.1 Å². The Hall–Kier alpha value is -2.01. The molecule has 2 atom stereocenters. The molecule has 0 fully saturated rings. The van der Waals surface area contributed by atoms with Gasteiger partial charge in [0.15, 0.2) is 11.5 Å². The summed E-state index contributed by atoms with van der Waals surface area (Å²) in [4.78, 5) is 0. The largest absolute Gasteiger partial charge is 0.454 e. The van der Waals surface area contributed by atoms with Crippen LogP contribution in [0.4, 0.5) is 0 Å². The zero-order chi connectivity index (χ0) is 14.1. The molecule has 0 bridgehead atoms. The van der Waals surface area contributed by atoms with Crippen LogP contribution in [0.2, 0.25) is 0 Å². The summed E-state index contributed by atoms with van der Waals surface area (Å²) in [6.07, 6.45) is 1.82. The first kappa shape index (κ1) is 13.0. The summed E-state index contributed by atoms with van der Waals surface area (Å²) in [7, 11) is 1.96. The second kappa shape index (κ2) is 5.17. The molecule has 2 aromatic rings. The Morgan fingerprint density at radius 1 is 1.15 bits per heavy atom. The lowest BCUT2D eigenvalue weighted by Gasteiger charge is -2.20. The second-order valence-corrected chi connectivity index (χ2v) is 5.10. The van der Waals surface area contributed by atoms with Gasteiger partial charge >= 0.3 is 0 Å². The SMILES string of the molecule is CC(NC(C)c1ccnn1C)c1ccc2c(c1)OCO2. The van der Waals surface area contributed by atoms with Gasteiger partial charge in [-0.05, 0) is 37.6 Å². The van der Waals surface area contributed by atoms with Crippen LogP contribution in [0.25, 0.3) is 0 Å². The van der Waals surface area contributed by atoms with Crippen LogP contribution >= 0.6 is 0 Å². The summed E-state index contributed by atoms with van der Waals surface area (Å²) < 4.78 is 12.6. The Morgan fingerprint density at radius 2 is 1.95 bits per heavy atom. The van der Waals surface area contributed by atoms with E-state index in [0.717, 1.165) is 17.2 Å². The van der Waals surface area contributed by atoms with Gasteiger partial charge in [-0.3, -0.25) is 4.68 Å². The lowest BCUT2D eigenvalue weighted by Crippen LogP contribution is -2.24. The van der Waals surface area contributed by atoms with Gasteiger partial charge in [0.2, 0.25) is 6.79 Å². The van der Waals surface area contributed by atoms with Crippen LogP contribution in [-0.2, 0) is 7.05 Å². The highest BCUT2D eigenvalue weighted by Crippen LogP contribution is 2.34. The number of fused-ring (bicyclic) bond motifs is 1. The number of rotatable bonds is 4. The van der Waals surface area contributed by atoms with E-state index in [0.29, 0.717) is 6.79 Å². The maximum Gasteiger partial charge on any atom is 0.231 e. The average molecular weight is 273 g/mol. The van der Waals surface area contributed by atoms with Crippen LogP contribution in [-0.4, -0.2) is 16.6 Å². The number of hydrogen-bond donors (Lipinski definition) is 1. The van der Waals surface area contributed by atoms with E-state index < -0.39 is 0 Å². The summed E-state index contributed by atoms with van der Waals surface area (Å²) in [6.45, 7) is 4.59. The van der Waals surface area contributed by atoms with Crippen LogP contribution in [0.1, 0.15) is 37.2 Å². The third kappa shape index (κ3) is 2.36. The van der Waals surface area contributed by atoms with Crippen LogP contribution in [0, 0.1) is 0 Å². The molecule has 1 aromatic carbocycles. The fourth-order valence-electron chi connectivity index (χ4n) is 2.55. The van der Waals surface area contributed by atoms with E-state index in [1.807, 2.05) is 36.1 Å². The van der Waals surface area contributed by atoms with Crippen molar-refractivity contribution in [2.45, 2.75) is 25.9 Å². The van der Waals surface area contributed by atoms with Crippen molar-refractivity contribution in [3.8, 4) is 11.5 Å². The highest BCUT2D eigenvalue weighted by molar-refractivity contribution is 5.45. The molecule has 0 saturated carbocycles. The summed E-state index contributed by atoms with van der Waals surface area (Å²) >= 11 is 0. The van der Waals surface area contributed by atoms with Crippen LogP contribution in [0.3, 0.4) is 0 Å². The maximum atomic E-state index is 5.42. The quantitative estimate of drug-likeness (QED) is 0.930. The Bertz CT molecular complexity index is 609. The number of hydrogen-bond acceptors (Lipinski definition) is 4. The van der Waals surface area contributed by atoms with Gasteiger partial charge in [0, 0.05) is 25.3 Å². The molecule has 0 radical (unpaired) electrons. The fraction of sp³-hybridized carbons (Fsp3) is 0.400. The number of nitrogens with one attached hydrogen (secondary N) is 1. The van der Waals surface area contributed by atoms with E-state index in [4.69, 9.17) is 9.47 Å². The molecule has 20 heavy (non-hydrogen) atoms. The van der Waals surface area contributed by atoms with Crippen molar-refractivity contribution in [2.24, 2.45) is 7.05 Å². The Morgan fingerprint density at radius 3 is 2.70 bits per heavy atom. The predicted molar refractivity (Wildman–Crippen MR) is 75.7 cm³/mol. The Balaban J connectivity index is 1.73. The third-order valence-corrected chi connectivity index (χ3v) is 3.70. The van der Waals surface area contributed by atoms with Crippen LogP contribution < -0.4 is 14.8 Å². The zero-order valence-corrected chi connectivity index (χ0v) is 12.0. The fourth-order valence-corrected chi connectivity index (χ4v) is 2.55. The van der Waals surface area contributed by atoms with Gasteiger partial charge in [0.1, 0.15) is 0 Å². The van der Waals surface area contributed by atoms with E-state index >= 15 is 0 Å². The number of aromatic nitrogens is 2. The average Bonchev–Trinajstić information content (AvgIpc) is 3.05. The van der Waals surface area contributed by atoms with Gasteiger partial charge in [0.05, 0.1) is 5.69 Å². The lowest BCUT2D eigenvalue weighted by atomic mass is 10.1.